The minimum Gasteiger partial charge on any atom is -0.455 e. The number of fused-ring (bicyclic) bond motifs is 1. The molecular formula is C10H7ClF2O3. The quantitative estimate of drug-likeness (QED) is 0.829. The first-order valence-electron chi connectivity index (χ1n) is 4.45. The molecule has 3 nitrogen and oxygen atoms in total. The van der Waals surface area contributed by atoms with Gasteiger partial charge in [0.25, 0.3) is 5.79 Å². The van der Waals surface area contributed by atoms with Crippen LogP contribution >= 0.6 is 11.6 Å². The Kier molecular flexibility index (Phi) is 2.59. The summed E-state index contributed by atoms with van der Waals surface area (Å²) in [7, 11) is 0. The van der Waals surface area contributed by atoms with E-state index < -0.39 is 24.4 Å². The molecule has 6 heteroatoms. The van der Waals surface area contributed by atoms with Gasteiger partial charge in [-0.05, 0) is 18.2 Å². The van der Waals surface area contributed by atoms with Crippen molar-refractivity contribution in [1.82, 2.24) is 0 Å². The van der Waals surface area contributed by atoms with Gasteiger partial charge in [-0.3, -0.25) is 4.79 Å². The minimum atomic E-state index is -3.15. The largest absolute Gasteiger partial charge is 0.455 e. The minimum absolute atomic E-state index is 0.0801. The van der Waals surface area contributed by atoms with Crippen LogP contribution in [0.5, 0.6) is 5.75 Å². The lowest BCUT2D eigenvalue weighted by molar-refractivity contribution is -0.220. The Balaban J connectivity index is 2.45. The number of rotatable bonds is 1. The molecule has 0 fully saturated rings. The Morgan fingerprint density at radius 3 is 2.81 bits per heavy atom. The van der Waals surface area contributed by atoms with Gasteiger partial charge in [-0.25, -0.2) is 8.78 Å². The van der Waals surface area contributed by atoms with Crippen LogP contribution in [0.4, 0.5) is 8.78 Å². The molecule has 0 saturated carbocycles. The van der Waals surface area contributed by atoms with E-state index in [4.69, 9.17) is 16.3 Å². The second-order valence-corrected chi connectivity index (χ2v) is 3.92. The van der Waals surface area contributed by atoms with Gasteiger partial charge >= 0.3 is 6.43 Å². The average Bonchev–Trinajstić information content (AvgIpc) is 2.19. The standard InChI is InChI=1S/C10H7ClF2O3/c11-5-1-2-8-6(3-5)7(14)4-10(15,16-8)9(12)13/h1-3,9,15H,4H2/t10-/m1/s1. The Morgan fingerprint density at radius 2 is 2.19 bits per heavy atom. The highest BCUT2D eigenvalue weighted by molar-refractivity contribution is 6.31. The summed E-state index contributed by atoms with van der Waals surface area (Å²) in [4.78, 5) is 11.5. The number of hydrogen-bond acceptors (Lipinski definition) is 3. The van der Waals surface area contributed by atoms with Crippen LogP contribution in [-0.2, 0) is 0 Å². The molecule has 1 aromatic carbocycles. The van der Waals surface area contributed by atoms with Crippen molar-refractivity contribution in [3.8, 4) is 5.75 Å². The van der Waals surface area contributed by atoms with Crippen LogP contribution < -0.4 is 4.74 Å². The summed E-state index contributed by atoms with van der Waals surface area (Å²) in [5.41, 5.74) is 0.109. The molecule has 2 rings (SSSR count). The molecule has 1 aromatic rings. The third-order valence-corrected chi connectivity index (χ3v) is 2.52. The summed E-state index contributed by atoms with van der Waals surface area (Å²) in [5.74, 6) is -3.44. The molecule has 0 aliphatic carbocycles. The summed E-state index contributed by atoms with van der Waals surface area (Å²) in [6.07, 6.45) is -3.93. The summed E-state index contributed by atoms with van der Waals surface area (Å²) < 4.78 is 29.7. The van der Waals surface area contributed by atoms with E-state index in [9.17, 15) is 18.7 Å². The van der Waals surface area contributed by atoms with E-state index in [1.54, 1.807) is 0 Å². The van der Waals surface area contributed by atoms with Gasteiger partial charge < -0.3 is 9.84 Å². The number of hydrogen-bond donors (Lipinski definition) is 1. The monoisotopic (exact) mass is 248 g/mol. The molecule has 0 amide bonds. The lowest BCUT2D eigenvalue weighted by Gasteiger charge is -2.32. The molecule has 0 radical (unpaired) electrons. The molecule has 1 N–H and O–H groups in total. The summed E-state index contributed by atoms with van der Waals surface area (Å²) >= 11 is 5.66. The number of carbonyl (C=O) groups excluding carboxylic acids is 1. The number of benzene rings is 1. The van der Waals surface area contributed by atoms with Crippen LogP contribution in [0.2, 0.25) is 5.02 Å². The molecule has 86 valence electrons. The molecule has 1 atom stereocenters. The van der Waals surface area contributed by atoms with Crippen LogP contribution in [0.15, 0.2) is 18.2 Å². The maximum absolute atomic E-state index is 12.5. The second-order valence-electron chi connectivity index (χ2n) is 3.49. The number of carbonyl (C=O) groups is 1. The Hall–Kier alpha value is -1.20. The number of ether oxygens (including phenoxy) is 1. The lowest BCUT2D eigenvalue weighted by Crippen LogP contribution is -2.48. The third-order valence-electron chi connectivity index (χ3n) is 2.28. The Labute approximate surface area is 94.6 Å². The predicted molar refractivity (Wildman–Crippen MR) is 52.0 cm³/mol. The van der Waals surface area contributed by atoms with E-state index in [0.717, 1.165) is 0 Å². The van der Waals surface area contributed by atoms with Crippen LogP contribution in [0, 0.1) is 0 Å². The molecule has 1 heterocycles. The van der Waals surface area contributed by atoms with Gasteiger partial charge in [0.1, 0.15) is 5.75 Å². The van der Waals surface area contributed by atoms with Gasteiger partial charge in [-0.15, -0.1) is 0 Å². The molecule has 0 unspecified atom stereocenters. The fraction of sp³-hybridized carbons (Fsp3) is 0.300. The highest BCUT2D eigenvalue weighted by Gasteiger charge is 2.46. The van der Waals surface area contributed by atoms with Gasteiger partial charge in [-0.1, -0.05) is 11.6 Å². The molecule has 1 aliphatic heterocycles. The van der Waals surface area contributed by atoms with Gasteiger partial charge in [0.05, 0.1) is 12.0 Å². The first-order valence-corrected chi connectivity index (χ1v) is 4.82. The van der Waals surface area contributed by atoms with Crippen LogP contribution in [-0.4, -0.2) is 23.1 Å². The normalized spacial score (nSPS) is 24.2. The third kappa shape index (κ3) is 1.76. The average molecular weight is 249 g/mol. The highest BCUT2D eigenvalue weighted by Crippen LogP contribution is 2.36. The number of halogens is 3. The zero-order valence-corrected chi connectivity index (χ0v) is 8.67. The molecule has 0 bridgehead atoms. The molecule has 0 saturated heterocycles. The van der Waals surface area contributed by atoms with Crippen molar-refractivity contribution < 1.29 is 23.4 Å². The fourth-order valence-electron chi connectivity index (χ4n) is 1.48. The Morgan fingerprint density at radius 1 is 1.50 bits per heavy atom. The molecular weight excluding hydrogens is 242 g/mol. The van der Waals surface area contributed by atoms with E-state index in [1.807, 2.05) is 0 Å². The fourth-order valence-corrected chi connectivity index (χ4v) is 1.65. The number of aliphatic hydroxyl groups is 1. The number of Topliss-reactive ketones (excluding diaryl/α,β-unsaturated/α-hetero) is 1. The van der Waals surface area contributed by atoms with Gasteiger partial charge in [0.2, 0.25) is 0 Å². The van der Waals surface area contributed by atoms with Crippen LogP contribution in [0.3, 0.4) is 0 Å². The summed E-state index contributed by atoms with van der Waals surface area (Å²) in [5, 5.41) is 9.71. The van der Waals surface area contributed by atoms with E-state index in [2.05, 4.69) is 0 Å². The zero-order valence-electron chi connectivity index (χ0n) is 7.91. The van der Waals surface area contributed by atoms with Crippen molar-refractivity contribution in [3.05, 3.63) is 28.8 Å². The van der Waals surface area contributed by atoms with Gasteiger partial charge in [-0.2, -0.15) is 0 Å². The highest BCUT2D eigenvalue weighted by atomic mass is 35.5. The van der Waals surface area contributed by atoms with Crippen LogP contribution in [0.1, 0.15) is 16.8 Å². The van der Waals surface area contributed by atoms with Crippen molar-refractivity contribution in [2.24, 2.45) is 0 Å². The zero-order chi connectivity index (χ0) is 11.9. The second kappa shape index (κ2) is 3.68. The summed E-state index contributed by atoms with van der Waals surface area (Å²) in [6.45, 7) is 0. The number of ketones is 1. The first-order chi connectivity index (χ1) is 7.42. The first kappa shape index (κ1) is 11.3. The molecule has 0 aromatic heterocycles. The van der Waals surface area contributed by atoms with E-state index in [1.165, 1.54) is 18.2 Å². The van der Waals surface area contributed by atoms with Crippen LogP contribution in [0.25, 0.3) is 0 Å². The van der Waals surface area contributed by atoms with Crippen molar-refractivity contribution in [2.45, 2.75) is 18.6 Å². The lowest BCUT2D eigenvalue weighted by atomic mass is 9.98. The van der Waals surface area contributed by atoms with Crippen molar-refractivity contribution in [3.63, 3.8) is 0 Å². The Bertz CT molecular complexity index is 450. The van der Waals surface area contributed by atoms with Gasteiger partial charge in [0, 0.05) is 5.02 Å². The van der Waals surface area contributed by atoms with E-state index in [-0.39, 0.29) is 11.3 Å². The van der Waals surface area contributed by atoms with E-state index >= 15 is 0 Å². The van der Waals surface area contributed by atoms with Crippen molar-refractivity contribution in [2.75, 3.05) is 0 Å². The topological polar surface area (TPSA) is 46.5 Å². The number of alkyl halides is 2. The predicted octanol–water partition coefficient (Wildman–Crippen LogP) is 2.26. The van der Waals surface area contributed by atoms with E-state index in [0.29, 0.717) is 5.02 Å². The van der Waals surface area contributed by atoms with Crippen molar-refractivity contribution >= 4 is 17.4 Å². The molecule has 16 heavy (non-hydrogen) atoms. The maximum Gasteiger partial charge on any atom is 0.302 e. The SMILES string of the molecule is O=C1C[C@](O)(C(F)F)Oc2ccc(Cl)cc21. The molecule has 1 aliphatic rings. The van der Waals surface area contributed by atoms with Crippen molar-refractivity contribution in [1.29, 1.82) is 0 Å². The van der Waals surface area contributed by atoms with Gasteiger partial charge in [0.15, 0.2) is 5.78 Å². The smallest absolute Gasteiger partial charge is 0.302 e. The summed E-state index contributed by atoms with van der Waals surface area (Å²) in [6, 6.07) is 4.00. The molecule has 0 spiro atoms. The maximum atomic E-state index is 12.5.